The maximum atomic E-state index is 5.20. The molecule has 31 heavy (non-hydrogen) atoms. The summed E-state index contributed by atoms with van der Waals surface area (Å²) in [7, 11) is 0. The van der Waals surface area contributed by atoms with Gasteiger partial charge in [-0.1, -0.05) is 87.4 Å². The van der Waals surface area contributed by atoms with Crippen molar-refractivity contribution >= 4 is 11.0 Å². The molecule has 1 aliphatic rings. The Balaban J connectivity index is 1.81. The number of hydrogen-bond donors (Lipinski definition) is 0. The molecule has 0 radical (unpaired) electrons. The Morgan fingerprint density at radius 2 is 0.935 bits per heavy atom. The molecule has 156 valence electrons. The lowest BCUT2D eigenvalue weighted by Gasteiger charge is -2.22. The Hall–Kier alpha value is -3.00. The average Bonchev–Trinajstić information content (AvgIpc) is 2.90. The fraction of sp³-hybridized carbons (Fsp3) is 0.310. The lowest BCUT2D eigenvalue weighted by molar-refractivity contribution is 0.403. The van der Waals surface area contributed by atoms with Crippen LogP contribution in [0.3, 0.4) is 0 Å². The van der Waals surface area contributed by atoms with Crippen LogP contribution in [0.5, 0.6) is 0 Å². The fourth-order valence-electron chi connectivity index (χ4n) is 5.34. The van der Waals surface area contributed by atoms with Crippen LogP contribution in [0.15, 0.2) is 60.7 Å². The van der Waals surface area contributed by atoms with Gasteiger partial charge in [0.15, 0.2) is 0 Å². The van der Waals surface area contributed by atoms with Gasteiger partial charge in [0.2, 0.25) is 0 Å². The van der Waals surface area contributed by atoms with Crippen molar-refractivity contribution in [2.24, 2.45) is 0 Å². The second-order valence-corrected chi connectivity index (χ2v) is 10.5. The Kier molecular flexibility index (Phi) is 4.34. The van der Waals surface area contributed by atoms with Crippen LogP contribution in [0.4, 0.5) is 0 Å². The molecule has 0 amide bonds. The molecule has 0 saturated carbocycles. The third kappa shape index (κ3) is 3.35. The minimum absolute atomic E-state index is 0.147. The van der Waals surface area contributed by atoms with Crippen LogP contribution < -0.4 is 0 Å². The van der Waals surface area contributed by atoms with Gasteiger partial charge in [0, 0.05) is 11.1 Å². The number of nitrogens with zero attached hydrogens (tertiary/aromatic N) is 2. The van der Waals surface area contributed by atoms with Crippen LogP contribution in [-0.2, 0) is 10.8 Å². The summed E-state index contributed by atoms with van der Waals surface area (Å²) in [4.78, 5) is 10.4. The molecule has 0 bridgehead atoms. The zero-order chi connectivity index (χ0) is 22.0. The van der Waals surface area contributed by atoms with E-state index in [2.05, 4.69) is 102 Å². The van der Waals surface area contributed by atoms with Crippen molar-refractivity contribution in [2.75, 3.05) is 0 Å². The predicted molar refractivity (Wildman–Crippen MR) is 131 cm³/mol. The van der Waals surface area contributed by atoms with E-state index >= 15 is 0 Å². The standard InChI is InChI=1S/C29H30N2/c1-18-7-11-20(12-8-18)26-27(21-13-9-19(2)10-14-21)31-25-16-23-22(15-24(25)30-26)28(3,4)17-29(23,5)6/h7-16H,17H2,1-6H3. The number of benzene rings is 3. The summed E-state index contributed by atoms with van der Waals surface area (Å²) in [6.45, 7) is 13.6. The molecular weight excluding hydrogens is 376 g/mol. The highest BCUT2D eigenvalue weighted by Crippen LogP contribution is 2.50. The number of hydrogen-bond acceptors (Lipinski definition) is 2. The molecule has 0 fully saturated rings. The van der Waals surface area contributed by atoms with E-state index in [1.807, 2.05) is 0 Å². The van der Waals surface area contributed by atoms with Crippen LogP contribution in [0.2, 0.25) is 0 Å². The van der Waals surface area contributed by atoms with E-state index < -0.39 is 0 Å². The molecule has 5 rings (SSSR count). The summed E-state index contributed by atoms with van der Waals surface area (Å²) in [6.07, 6.45) is 1.14. The van der Waals surface area contributed by atoms with E-state index in [-0.39, 0.29) is 10.8 Å². The van der Waals surface area contributed by atoms with Crippen LogP contribution in [0.1, 0.15) is 56.4 Å². The number of fused-ring (bicyclic) bond motifs is 2. The van der Waals surface area contributed by atoms with Crippen LogP contribution >= 0.6 is 0 Å². The fourth-order valence-corrected chi connectivity index (χ4v) is 5.34. The van der Waals surface area contributed by atoms with Crippen molar-refractivity contribution in [3.63, 3.8) is 0 Å². The Bertz CT molecular complexity index is 1190. The van der Waals surface area contributed by atoms with Gasteiger partial charge in [0.1, 0.15) is 0 Å². The van der Waals surface area contributed by atoms with Crippen LogP contribution in [0.25, 0.3) is 33.5 Å². The van der Waals surface area contributed by atoms with Crippen molar-refractivity contribution in [3.8, 4) is 22.5 Å². The van der Waals surface area contributed by atoms with E-state index in [1.54, 1.807) is 0 Å². The number of aromatic nitrogens is 2. The van der Waals surface area contributed by atoms with Gasteiger partial charge in [-0.2, -0.15) is 0 Å². The Morgan fingerprint density at radius 1 is 0.581 bits per heavy atom. The van der Waals surface area contributed by atoms with E-state index in [0.717, 1.165) is 40.0 Å². The highest BCUT2D eigenvalue weighted by Gasteiger charge is 2.42. The van der Waals surface area contributed by atoms with Gasteiger partial charge in [-0.25, -0.2) is 9.97 Å². The first-order valence-corrected chi connectivity index (χ1v) is 11.1. The van der Waals surface area contributed by atoms with Gasteiger partial charge < -0.3 is 0 Å². The van der Waals surface area contributed by atoms with Gasteiger partial charge in [0.25, 0.3) is 0 Å². The highest BCUT2D eigenvalue weighted by atomic mass is 14.8. The monoisotopic (exact) mass is 406 g/mol. The molecule has 4 aromatic rings. The molecule has 1 heterocycles. The molecule has 0 atom stereocenters. The molecule has 0 spiro atoms. The maximum Gasteiger partial charge on any atom is 0.0973 e. The van der Waals surface area contributed by atoms with Crippen molar-refractivity contribution in [1.82, 2.24) is 9.97 Å². The third-order valence-corrected chi connectivity index (χ3v) is 6.80. The SMILES string of the molecule is Cc1ccc(-c2nc3cc4c(cc3nc2-c2ccc(C)cc2)C(C)(C)CC4(C)C)cc1. The third-order valence-electron chi connectivity index (χ3n) is 6.80. The summed E-state index contributed by atoms with van der Waals surface area (Å²) < 4.78 is 0. The van der Waals surface area contributed by atoms with E-state index in [9.17, 15) is 0 Å². The van der Waals surface area contributed by atoms with E-state index in [0.29, 0.717) is 0 Å². The van der Waals surface area contributed by atoms with Crippen molar-refractivity contribution in [2.45, 2.75) is 58.8 Å². The summed E-state index contributed by atoms with van der Waals surface area (Å²) in [5, 5.41) is 0. The van der Waals surface area contributed by atoms with Crippen molar-refractivity contribution in [1.29, 1.82) is 0 Å². The normalized spacial score (nSPS) is 16.5. The molecule has 1 aliphatic carbocycles. The molecule has 0 unspecified atom stereocenters. The Labute approximate surface area is 185 Å². The molecular formula is C29H30N2. The predicted octanol–water partition coefficient (Wildman–Crippen LogP) is 7.54. The average molecular weight is 407 g/mol. The summed E-state index contributed by atoms with van der Waals surface area (Å²) >= 11 is 0. The largest absolute Gasteiger partial charge is 0.244 e. The van der Waals surface area contributed by atoms with Crippen LogP contribution in [0, 0.1) is 13.8 Å². The smallest absolute Gasteiger partial charge is 0.0973 e. The van der Waals surface area contributed by atoms with E-state index in [1.165, 1.54) is 22.3 Å². The zero-order valence-corrected chi connectivity index (χ0v) is 19.4. The second-order valence-electron chi connectivity index (χ2n) is 10.5. The lowest BCUT2D eigenvalue weighted by Crippen LogP contribution is -2.17. The molecule has 0 aliphatic heterocycles. The minimum Gasteiger partial charge on any atom is -0.244 e. The molecule has 0 N–H and O–H groups in total. The topological polar surface area (TPSA) is 25.8 Å². The zero-order valence-electron chi connectivity index (χ0n) is 19.4. The van der Waals surface area contributed by atoms with Crippen LogP contribution in [-0.4, -0.2) is 9.97 Å². The van der Waals surface area contributed by atoms with Gasteiger partial charge in [-0.3, -0.25) is 0 Å². The highest BCUT2D eigenvalue weighted by molar-refractivity contribution is 5.87. The van der Waals surface area contributed by atoms with E-state index in [4.69, 9.17) is 9.97 Å². The van der Waals surface area contributed by atoms with Gasteiger partial charge >= 0.3 is 0 Å². The van der Waals surface area contributed by atoms with Gasteiger partial charge in [0.05, 0.1) is 22.4 Å². The first kappa shape index (κ1) is 19.9. The number of rotatable bonds is 2. The quantitative estimate of drug-likeness (QED) is 0.344. The first-order valence-electron chi connectivity index (χ1n) is 11.1. The van der Waals surface area contributed by atoms with Gasteiger partial charge in [-0.05, 0) is 54.4 Å². The molecule has 0 saturated heterocycles. The van der Waals surface area contributed by atoms with Gasteiger partial charge in [-0.15, -0.1) is 0 Å². The summed E-state index contributed by atoms with van der Waals surface area (Å²) in [5.74, 6) is 0. The minimum atomic E-state index is 0.147. The maximum absolute atomic E-state index is 5.20. The molecule has 2 heteroatoms. The first-order chi connectivity index (χ1) is 14.6. The Morgan fingerprint density at radius 3 is 1.29 bits per heavy atom. The summed E-state index contributed by atoms with van der Waals surface area (Å²) in [6, 6.07) is 21.8. The lowest BCUT2D eigenvalue weighted by atomic mass is 9.82. The van der Waals surface area contributed by atoms with Crippen molar-refractivity contribution in [3.05, 3.63) is 82.9 Å². The number of aryl methyl sites for hydroxylation is 2. The van der Waals surface area contributed by atoms with Crippen molar-refractivity contribution < 1.29 is 0 Å². The molecule has 1 aromatic heterocycles. The summed E-state index contributed by atoms with van der Waals surface area (Å²) in [5.41, 5.74) is 11.7. The second kappa shape index (κ2) is 6.75. The molecule has 2 nitrogen and oxygen atoms in total. The molecule has 3 aromatic carbocycles.